The SMILES string of the molecule is Cc1ccc(N(c2ccc(N3CCOCC3)c(C#N)c2)c2ncnc3[nH]ncc23)c(C)c1. The van der Waals surface area contributed by atoms with Gasteiger partial charge < -0.3 is 9.64 Å². The zero-order chi connectivity index (χ0) is 22.1. The van der Waals surface area contributed by atoms with Crippen molar-refractivity contribution < 1.29 is 4.74 Å². The lowest BCUT2D eigenvalue weighted by Crippen LogP contribution is -2.36. The van der Waals surface area contributed by atoms with Crippen molar-refractivity contribution in [3.63, 3.8) is 0 Å². The van der Waals surface area contributed by atoms with Gasteiger partial charge in [-0.1, -0.05) is 17.7 Å². The van der Waals surface area contributed by atoms with E-state index in [4.69, 9.17) is 4.74 Å². The van der Waals surface area contributed by atoms with E-state index in [1.807, 2.05) is 18.2 Å². The van der Waals surface area contributed by atoms with Crippen LogP contribution in [0.2, 0.25) is 0 Å². The van der Waals surface area contributed by atoms with E-state index in [-0.39, 0.29) is 0 Å². The minimum atomic E-state index is 0.622. The van der Waals surface area contributed by atoms with Gasteiger partial charge >= 0.3 is 0 Å². The minimum Gasteiger partial charge on any atom is -0.378 e. The second-order valence-corrected chi connectivity index (χ2v) is 7.87. The quantitative estimate of drug-likeness (QED) is 0.525. The van der Waals surface area contributed by atoms with Gasteiger partial charge in [0.1, 0.15) is 12.4 Å². The van der Waals surface area contributed by atoms with Crippen molar-refractivity contribution in [2.45, 2.75) is 13.8 Å². The first-order valence-corrected chi connectivity index (χ1v) is 10.5. The Balaban J connectivity index is 1.69. The molecule has 0 saturated carbocycles. The maximum atomic E-state index is 9.96. The van der Waals surface area contributed by atoms with E-state index in [1.165, 1.54) is 11.9 Å². The highest BCUT2D eigenvalue weighted by atomic mass is 16.5. The first-order valence-electron chi connectivity index (χ1n) is 10.5. The van der Waals surface area contributed by atoms with E-state index >= 15 is 0 Å². The second kappa shape index (κ2) is 8.29. The number of ether oxygens (including phenoxy) is 1. The van der Waals surface area contributed by atoms with Gasteiger partial charge in [0, 0.05) is 18.8 Å². The first kappa shape index (κ1) is 20.0. The molecule has 1 aliphatic rings. The van der Waals surface area contributed by atoms with Gasteiger partial charge in [-0.05, 0) is 43.7 Å². The molecule has 1 saturated heterocycles. The Morgan fingerprint density at radius 1 is 1.09 bits per heavy atom. The highest BCUT2D eigenvalue weighted by Gasteiger charge is 2.22. The van der Waals surface area contributed by atoms with Crippen LogP contribution in [0.4, 0.5) is 22.9 Å². The second-order valence-electron chi connectivity index (χ2n) is 7.87. The van der Waals surface area contributed by atoms with Gasteiger partial charge in [-0.15, -0.1) is 0 Å². The molecule has 0 amide bonds. The molecule has 160 valence electrons. The van der Waals surface area contributed by atoms with Gasteiger partial charge in [0.25, 0.3) is 0 Å². The van der Waals surface area contributed by atoms with Crippen LogP contribution in [0, 0.1) is 25.2 Å². The standard InChI is InChI=1S/C24H23N7O/c1-16-3-5-21(17(2)11-16)31(24-20-14-28-29-23(20)26-15-27-24)19-4-6-22(18(12-19)13-25)30-7-9-32-10-8-30/h3-6,11-12,14-15H,7-10H2,1-2H3,(H,26,27,28,29). The summed E-state index contributed by atoms with van der Waals surface area (Å²) in [4.78, 5) is 13.2. The zero-order valence-corrected chi connectivity index (χ0v) is 18.0. The molecule has 0 aliphatic carbocycles. The van der Waals surface area contributed by atoms with Crippen LogP contribution in [0.5, 0.6) is 0 Å². The molecule has 2 aromatic heterocycles. The van der Waals surface area contributed by atoms with Crippen LogP contribution in [0.15, 0.2) is 48.9 Å². The lowest BCUT2D eigenvalue weighted by molar-refractivity contribution is 0.122. The molecule has 0 spiro atoms. The Morgan fingerprint density at radius 3 is 2.72 bits per heavy atom. The van der Waals surface area contributed by atoms with E-state index in [0.29, 0.717) is 30.2 Å². The highest BCUT2D eigenvalue weighted by molar-refractivity contribution is 5.93. The van der Waals surface area contributed by atoms with Crippen molar-refractivity contribution in [2.75, 3.05) is 36.1 Å². The molecule has 8 heteroatoms. The van der Waals surface area contributed by atoms with E-state index in [9.17, 15) is 5.26 Å². The average molecular weight is 425 g/mol. The maximum absolute atomic E-state index is 9.96. The summed E-state index contributed by atoms with van der Waals surface area (Å²) in [5, 5.41) is 17.8. The lowest BCUT2D eigenvalue weighted by atomic mass is 10.1. The van der Waals surface area contributed by atoms with Crippen molar-refractivity contribution in [1.29, 1.82) is 5.26 Å². The number of benzene rings is 2. The molecule has 8 nitrogen and oxygen atoms in total. The Hall–Kier alpha value is -3.96. The molecule has 1 aliphatic heterocycles. The minimum absolute atomic E-state index is 0.622. The fraction of sp³-hybridized carbons (Fsp3) is 0.250. The summed E-state index contributed by atoms with van der Waals surface area (Å²) in [5.41, 5.74) is 6.34. The molecular formula is C24H23N7O. The van der Waals surface area contributed by atoms with Gasteiger partial charge in [-0.25, -0.2) is 9.97 Å². The van der Waals surface area contributed by atoms with E-state index in [0.717, 1.165) is 41.1 Å². The molecule has 3 heterocycles. The van der Waals surface area contributed by atoms with Crippen LogP contribution in [0.1, 0.15) is 16.7 Å². The molecule has 1 N–H and O–H groups in total. The van der Waals surface area contributed by atoms with Gasteiger partial charge in [0.2, 0.25) is 0 Å². The fourth-order valence-electron chi connectivity index (χ4n) is 4.19. The number of hydrogen-bond donors (Lipinski definition) is 1. The number of H-pyrrole nitrogens is 1. The summed E-state index contributed by atoms with van der Waals surface area (Å²) in [6.07, 6.45) is 3.26. The number of rotatable bonds is 4. The summed E-state index contributed by atoms with van der Waals surface area (Å²) < 4.78 is 5.47. The Bertz CT molecular complexity index is 1320. The van der Waals surface area contributed by atoms with E-state index in [2.05, 4.69) is 68.1 Å². The van der Waals surface area contributed by atoms with Crippen LogP contribution in [0.3, 0.4) is 0 Å². The number of morpholine rings is 1. The number of nitrogens with zero attached hydrogens (tertiary/aromatic N) is 6. The van der Waals surface area contributed by atoms with Crippen LogP contribution in [-0.2, 0) is 4.74 Å². The monoisotopic (exact) mass is 425 g/mol. The fourth-order valence-corrected chi connectivity index (χ4v) is 4.19. The first-order chi connectivity index (χ1) is 15.7. The largest absolute Gasteiger partial charge is 0.378 e. The topological polar surface area (TPSA) is 94.0 Å². The summed E-state index contributed by atoms with van der Waals surface area (Å²) in [6, 6.07) is 14.7. The lowest BCUT2D eigenvalue weighted by Gasteiger charge is -2.31. The summed E-state index contributed by atoms with van der Waals surface area (Å²) >= 11 is 0. The number of aryl methyl sites for hydroxylation is 2. The van der Waals surface area contributed by atoms with Crippen molar-refractivity contribution in [2.24, 2.45) is 0 Å². The average Bonchev–Trinajstić information content (AvgIpc) is 3.31. The van der Waals surface area contributed by atoms with Gasteiger partial charge in [0.15, 0.2) is 11.5 Å². The Morgan fingerprint density at radius 2 is 1.94 bits per heavy atom. The normalized spacial score (nSPS) is 13.8. The molecule has 0 bridgehead atoms. The number of hydrogen-bond acceptors (Lipinski definition) is 7. The molecular weight excluding hydrogens is 402 g/mol. The summed E-state index contributed by atoms with van der Waals surface area (Å²) in [5.74, 6) is 0.707. The number of aromatic amines is 1. The van der Waals surface area contributed by atoms with E-state index < -0.39 is 0 Å². The van der Waals surface area contributed by atoms with Crippen LogP contribution in [-0.4, -0.2) is 46.5 Å². The van der Waals surface area contributed by atoms with Crippen molar-refractivity contribution >= 4 is 33.9 Å². The zero-order valence-electron chi connectivity index (χ0n) is 18.0. The third kappa shape index (κ3) is 3.53. The number of anilines is 4. The predicted molar refractivity (Wildman–Crippen MR) is 124 cm³/mol. The molecule has 5 rings (SSSR count). The predicted octanol–water partition coefficient (Wildman–Crippen LogP) is 4.15. The van der Waals surface area contributed by atoms with Gasteiger partial charge in [-0.2, -0.15) is 10.4 Å². The number of fused-ring (bicyclic) bond motifs is 1. The molecule has 0 unspecified atom stereocenters. The maximum Gasteiger partial charge on any atom is 0.160 e. The Labute approximate surface area is 186 Å². The molecule has 2 aromatic carbocycles. The van der Waals surface area contributed by atoms with Crippen LogP contribution < -0.4 is 9.80 Å². The number of aromatic nitrogens is 4. The van der Waals surface area contributed by atoms with E-state index in [1.54, 1.807) is 6.20 Å². The number of nitriles is 1. The third-order valence-corrected chi connectivity index (χ3v) is 5.74. The van der Waals surface area contributed by atoms with Crippen molar-refractivity contribution in [3.05, 3.63) is 65.6 Å². The van der Waals surface area contributed by atoms with Gasteiger partial charge in [0.05, 0.1) is 41.7 Å². The smallest absolute Gasteiger partial charge is 0.160 e. The third-order valence-electron chi connectivity index (χ3n) is 5.74. The van der Waals surface area contributed by atoms with Crippen LogP contribution >= 0.6 is 0 Å². The summed E-state index contributed by atoms with van der Waals surface area (Å²) in [7, 11) is 0. The molecule has 0 radical (unpaired) electrons. The van der Waals surface area contributed by atoms with Crippen LogP contribution in [0.25, 0.3) is 11.0 Å². The Kier molecular flexibility index (Phi) is 5.17. The molecule has 0 atom stereocenters. The molecule has 32 heavy (non-hydrogen) atoms. The number of nitrogens with one attached hydrogen (secondary N) is 1. The molecule has 1 fully saturated rings. The molecule has 4 aromatic rings. The van der Waals surface area contributed by atoms with Crippen molar-refractivity contribution in [1.82, 2.24) is 20.2 Å². The highest BCUT2D eigenvalue weighted by Crippen LogP contribution is 2.39. The van der Waals surface area contributed by atoms with Crippen molar-refractivity contribution in [3.8, 4) is 6.07 Å². The summed E-state index contributed by atoms with van der Waals surface area (Å²) in [6.45, 7) is 7.04. The van der Waals surface area contributed by atoms with Gasteiger partial charge in [-0.3, -0.25) is 10.00 Å².